The maximum Gasteiger partial charge on any atom is 0.274 e. The van der Waals surface area contributed by atoms with E-state index in [0.717, 1.165) is 23.7 Å². The quantitative estimate of drug-likeness (QED) is 0.650. The fourth-order valence-corrected chi connectivity index (χ4v) is 4.23. The van der Waals surface area contributed by atoms with Crippen molar-refractivity contribution in [3.8, 4) is 0 Å². The van der Waals surface area contributed by atoms with Crippen molar-refractivity contribution in [3.63, 3.8) is 0 Å². The summed E-state index contributed by atoms with van der Waals surface area (Å²) >= 11 is 1.54. The van der Waals surface area contributed by atoms with Crippen LogP contribution in [-0.2, 0) is 17.8 Å². The topological polar surface area (TPSA) is 76.7 Å². The number of hydrogen-bond acceptors (Lipinski definition) is 6. The molecular formula is C18H24N6O2S. The molecule has 1 saturated heterocycles. The Balaban J connectivity index is 1.49. The molecule has 0 aromatic carbocycles. The second-order valence-corrected chi connectivity index (χ2v) is 7.75. The summed E-state index contributed by atoms with van der Waals surface area (Å²) in [5, 5.41) is 9.60. The molecule has 9 heteroatoms. The molecule has 144 valence electrons. The maximum absolute atomic E-state index is 13.2. The fraction of sp³-hybridized carbons (Fsp3) is 0.500. The fourth-order valence-electron chi connectivity index (χ4n) is 3.50. The van der Waals surface area contributed by atoms with E-state index in [-0.39, 0.29) is 18.1 Å². The molecule has 1 amide bonds. The van der Waals surface area contributed by atoms with Gasteiger partial charge < -0.3 is 15.0 Å². The number of ether oxygens (including phenoxy) is 1. The average Bonchev–Trinajstić information content (AvgIpc) is 3.35. The highest BCUT2D eigenvalue weighted by Crippen LogP contribution is 2.21. The number of fused-ring (bicyclic) bond motifs is 1. The van der Waals surface area contributed by atoms with E-state index in [1.54, 1.807) is 6.20 Å². The lowest BCUT2D eigenvalue weighted by molar-refractivity contribution is -0.0587. The molecule has 4 heterocycles. The summed E-state index contributed by atoms with van der Waals surface area (Å²) in [5.74, 6) is -0.0169. The van der Waals surface area contributed by atoms with Gasteiger partial charge in [0.15, 0.2) is 10.7 Å². The molecular weight excluding hydrogens is 364 g/mol. The standard InChI is InChI=1S/C18H24N6O2S/c1-13-11-22(12-14(2)26-13)17(25)16-15(24-8-9-27-18(24)21-16)10-19-5-7-23-6-3-4-20-23/h3-4,6,8-9,13-14,19H,5,7,10-12H2,1-2H3/t13-,14+. The monoisotopic (exact) mass is 388 g/mol. The van der Waals surface area contributed by atoms with Gasteiger partial charge in [0.1, 0.15) is 0 Å². The van der Waals surface area contributed by atoms with Crippen LogP contribution in [0.15, 0.2) is 30.0 Å². The number of rotatable bonds is 6. The Bertz CT molecular complexity index is 892. The summed E-state index contributed by atoms with van der Waals surface area (Å²) in [5.41, 5.74) is 1.44. The van der Waals surface area contributed by atoms with E-state index in [2.05, 4.69) is 15.4 Å². The smallest absolute Gasteiger partial charge is 0.274 e. The SMILES string of the molecule is C[C@@H]1CN(C(=O)c2nc3sccn3c2CNCCn2cccn2)C[C@H](C)O1. The summed E-state index contributed by atoms with van der Waals surface area (Å²) in [4.78, 5) is 20.5. The lowest BCUT2D eigenvalue weighted by Gasteiger charge is -2.35. The molecule has 8 nitrogen and oxygen atoms in total. The van der Waals surface area contributed by atoms with Crippen LogP contribution >= 0.6 is 11.3 Å². The Morgan fingerprint density at radius 3 is 2.89 bits per heavy atom. The third-order valence-electron chi connectivity index (χ3n) is 4.64. The largest absolute Gasteiger partial charge is 0.372 e. The molecule has 0 bridgehead atoms. The highest BCUT2D eigenvalue weighted by atomic mass is 32.1. The number of thiazole rings is 1. The minimum absolute atomic E-state index is 0.0169. The first-order valence-electron chi connectivity index (χ1n) is 9.19. The van der Waals surface area contributed by atoms with Gasteiger partial charge in [-0.3, -0.25) is 13.9 Å². The Kier molecular flexibility index (Phi) is 5.24. The zero-order valence-corrected chi connectivity index (χ0v) is 16.4. The van der Waals surface area contributed by atoms with Crippen molar-refractivity contribution in [1.29, 1.82) is 0 Å². The lowest BCUT2D eigenvalue weighted by atomic mass is 10.2. The van der Waals surface area contributed by atoms with E-state index in [1.807, 2.05) is 51.7 Å². The van der Waals surface area contributed by atoms with Crippen molar-refractivity contribution in [2.75, 3.05) is 19.6 Å². The minimum atomic E-state index is -0.0169. The van der Waals surface area contributed by atoms with Crippen LogP contribution in [0.25, 0.3) is 4.96 Å². The molecule has 1 N–H and O–H groups in total. The van der Waals surface area contributed by atoms with Gasteiger partial charge in [0.25, 0.3) is 5.91 Å². The predicted molar refractivity (Wildman–Crippen MR) is 103 cm³/mol. The molecule has 0 radical (unpaired) electrons. The molecule has 0 saturated carbocycles. The number of imidazole rings is 1. The molecule has 0 unspecified atom stereocenters. The summed E-state index contributed by atoms with van der Waals surface area (Å²) in [6.07, 6.45) is 5.76. The Labute approximate surface area is 161 Å². The van der Waals surface area contributed by atoms with Crippen LogP contribution < -0.4 is 5.32 Å². The Hall–Kier alpha value is -2.23. The van der Waals surface area contributed by atoms with Crippen LogP contribution in [0.3, 0.4) is 0 Å². The van der Waals surface area contributed by atoms with Gasteiger partial charge in [-0.2, -0.15) is 5.10 Å². The van der Waals surface area contributed by atoms with Crippen LogP contribution in [0.2, 0.25) is 0 Å². The molecule has 0 spiro atoms. The molecule has 3 aromatic rings. The number of carbonyl (C=O) groups excluding carboxylic acids is 1. The number of nitrogens with one attached hydrogen (secondary N) is 1. The van der Waals surface area contributed by atoms with E-state index < -0.39 is 0 Å². The zero-order chi connectivity index (χ0) is 18.8. The first-order valence-corrected chi connectivity index (χ1v) is 10.1. The number of morpholine rings is 1. The second-order valence-electron chi connectivity index (χ2n) is 6.88. The Morgan fingerprint density at radius 1 is 1.33 bits per heavy atom. The zero-order valence-electron chi connectivity index (χ0n) is 15.5. The molecule has 27 heavy (non-hydrogen) atoms. The van der Waals surface area contributed by atoms with E-state index in [9.17, 15) is 4.79 Å². The van der Waals surface area contributed by atoms with E-state index >= 15 is 0 Å². The molecule has 2 atom stereocenters. The van der Waals surface area contributed by atoms with E-state index in [4.69, 9.17) is 4.74 Å². The molecule has 1 fully saturated rings. The maximum atomic E-state index is 13.2. The normalized spacial score (nSPS) is 20.4. The van der Waals surface area contributed by atoms with Gasteiger partial charge in [-0.05, 0) is 19.9 Å². The van der Waals surface area contributed by atoms with Gasteiger partial charge in [0, 0.05) is 50.1 Å². The number of hydrogen-bond donors (Lipinski definition) is 1. The molecule has 0 aliphatic carbocycles. The van der Waals surface area contributed by atoms with Crippen LogP contribution in [0.5, 0.6) is 0 Å². The average molecular weight is 388 g/mol. The third kappa shape index (κ3) is 3.90. The van der Waals surface area contributed by atoms with Crippen molar-refractivity contribution in [1.82, 2.24) is 29.4 Å². The third-order valence-corrected chi connectivity index (χ3v) is 5.40. The summed E-state index contributed by atoms with van der Waals surface area (Å²) in [7, 11) is 0. The number of amides is 1. The van der Waals surface area contributed by atoms with Gasteiger partial charge in [-0.1, -0.05) is 0 Å². The summed E-state index contributed by atoms with van der Waals surface area (Å²) in [6, 6.07) is 1.91. The number of aromatic nitrogens is 4. The summed E-state index contributed by atoms with van der Waals surface area (Å²) in [6.45, 7) is 7.31. The van der Waals surface area contributed by atoms with E-state index in [1.165, 1.54) is 11.3 Å². The molecule has 4 rings (SSSR count). The van der Waals surface area contributed by atoms with Crippen LogP contribution in [0.4, 0.5) is 0 Å². The first-order chi connectivity index (χ1) is 13.1. The number of carbonyl (C=O) groups is 1. The van der Waals surface area contributed by atoms with Crippen LogP contribution in [-0.4, -0.2) is 61.8 Å². The van der Waals surface area contributed by atoms with Crippen molar-refractivity contribution in [2.24, 2.45) is 0 Å². The van der Waals surface area contributed by atoms with Crippen molar-refractivity contribution in [2.45, 2.75) is 39.1 Å². The van der Waals surface area contributed by atoms with Gasteiger partial charge in [-0.25, -0.2) is 4.98 Å². The van der Waals surface area contributed by atoms with Crippen molar-refractivity contribution >= 4 is 22.2 Å². The highest BCUT2D eigenvalue weighted by Gasteiger charge is 2.30. The van der Waals surface area contributed by atoms with Gasteiger partial charge in [-0.15, -0.1) is 11.3 Å². The van der Waals surface area contributed by atoms with Crippen molar-refractivity contribution < 1.29 is 9.53 Å². The molecule has 1 aliphatic heterocycles. The van der Waals surface area contributed by atoms with Gasteiger partial charge in [0.2, 0.25) is 0 Å². The summed E-state index contributed by atoms with van der Waals surface area (Å²) < 4.78 is 9.64. The lowest BCUT2D eigenvalue weighted by Crippen LogP contribution is -2.48. The van der Waals surface area contributed by atoms with Gasteiger partial charge >= 0.3 is 0 Å². The first kappa shape index (κ1) is 18.1. The molecule has 1 aliphatic rings. The second kappa shape index (κ2) is 7.79. The van der Waals surface area contributed by atoms with E-state index in [0.29, 0.717) is 25.3 Å². The van der Waals surface area contributed by atoms with Crippen LogP contribution in [0, 0.1) is 0 Å². The molecule has 3 aromatic heterocycles. The van der Waals surface area contributed by atoms with Crippen molar-refractivity contribution in [3.05, 3.63) is 41.4 Å². The number of nitrogens with zero attached hydrogens (tertiary/aromatic N) is 5. The highest BCUT2D eigenvalue weighted by molar-refractivity contribution is 7.15. The van der Waals surface area contributed by atoms with Crippen LogP contribution in [0.1, 0.15) is 30.0 Å². The predicted octanol–water partition coefficient (Wildman–Crippen LogP) is 1.63. The Morgan fingerprint density at radius 2 is 2.15 bits per heavy atom. The van der Waals surface area contributed by atoms with Gasteiger partial charge in [0.05, 0.1) is 24.4 Å². The minimum Gasteiger partial charge on any atom is -0.372 e.